The van der Waals surface area contributed by atoms with Crippen LogP contribution in [0.15, 0.2) is 28.7 Å². The van der Waals surface area contributed by atoms with Crippen LogP contribution in [0.25, 0.3) is 0 Å². The van der Waals surface area contributed by atoms with Crippen LogP contribution in [0.2, 0.25) is 0 Å². The van der Waals surface area contributed by atoms with Gasteiger partial charge in [0.25, 0.3) is 0 Å². The Labute approximate surface area is 76.5 Å². The minimum Gasteiger partial charge on any atom is -0.252 e. The van der Waals surface area contributed by atoms with E-state index in [4.69, 9.17) is 5.14 Å². The van der Waals surface area contributed by atoms with Gasteiger partial charge in [-0.2, -0.15) is 0 Å². The molecule has 1 aromatic carbocycles. The highest BCUT2D eigenvalue weighted by molar-refractivity contribution is 9.10. The van der Waals surface area contributed by atoms with Crippen molar-refractivity contribution in [3.8, 4) is 0 Å². The Morgan fingerprint density at radius 1 is 1.45 bits per heavy atom. The number of hydrogen-bond donors (Lipinski definition) is 1. The number of nitrogens with two attached hydrogens (primary N) is 1. The lowest BCUT2D eigenvalue weighted by Gasteiger charge is -1.99. The molecule has 11 heavy (non-hydrogen) atoms. The first-order valence-corrected chi connectivity index (χ1v) is 5.24. The van der Waals surface area contributed by atoms with Crippen molar-refractivity contribution in [2.24, 2.45) is 5.14 Å². The molecule has 0 amide bonds. The normalized spacial score (nSPS) is 12.9. The first kappa shape index (κ1) is 8.90. The Morgan fingerprint density at radius 3 is 2.64 bits per heavy atom. The molecule has 0 aliphatic carbocycles. The van der Waals surface area contributed by atoms with Crippen molar-refractivity contribution in [3.63, 3.8) is 0 Å². The number of halogens is 1. The predicted molar refractivity (Wildman–Crippen MR) is 50.2 cm³/mol. The molecule has 0 radical (unpaired) electrons. The summed E-state index contributed by atoms with van der Waals surface area (Å²) < 4.78 is 11.6. The fraction of sp³-hybridized carbons (Fsp3) is 0.143. The maximum absolute atomic E-state index is 10.6. The lowest BCUT2D eigenvalue weighted by atomic mass is 10.2. The van der Waals surface area contributed by atoms with E-state index in [0.717, 1.165) is 10.0 Å². The molecule has 0 saturated heterocycles. The monoisotopic (exact) mass is 233 g/mol. The van der Waals surface area contributed by atoms with Crippen LogP contribution < -0.4 is 5.14 Å². The molecule has 0 heterocycles. The average molecular weight is 234 g/mol. The second-order valence-electron chi connectivity index (χ2n) is 2.12. The molecule has 2 nitrogen and oxygen atoms in total. The van der Waals surface area contributed by atoms with Crippen molar-refractivity contribution in [2.75, 3.05) is 0 Å². The summed E-state index contributed by atoms with van der Waals surface area (Å²) >= 11 is 3.33. The predicted octanol–water partition coefficient (Wildman–Crippen LogP) is 1.57. The molecule has 2 N–H and O–H groups in total. The maximum Gasteiger partial charge on any atom is 0.0933 e. The molecule has 0 aromatic heterocycles. The summed E-state index contributed by atoms with van der Waals surface area (Å²) in [6.45, 7) is 0. The van der Waals surface area contributed by atoms with E-state index in [1.165, 1.54) is 0 Å². The number of hydrogen-bond acceptors (Lipinski definition) is 1. The third-order valence-electron chi connectivity index (χ3n) is 1.26. The molecular formula is C7H8BrNOS. The molecule has 0 fully saturated rings. The third-order valence-corrected chi connectivity index (χ3v) is 2.62. The van der Waals surface area contributed by atoms with Gasteiger partial charge in [0.2, 0.25) is 0 Å². The topological polar surface area (TPSA) is 43.1 Å². The lowest BCUT2D eigenvalue weighted by molar-refractivity contribution is 0.684. The van der Waals surface area contributed by atoms with Gasteiger partial charge in [0.05, 0.1) is 16.7 Å². The third kappa shape index (κ3) is 2.73. The Morgan fingerprint density at radius 2 is 2.09 bits per heavy atom. The highest BCUT2D eigenvalue weighted by atomic mass is 79.9. The molecule has 0 spiro atoms. The zero-order valence-corrected chi connectivity index (χ0v) is 8.19. The van der Waals surface area contributed by atoms with Gasteiger partial charge in [-0.25, -0.2) is 4.21 Å². The van der Waals surface area contributed by atoms with Gasteiger partial charge in [-0.15, -0.1) is 0 Å². The van der Waals surface area contributed by atoms with Crippen LogP contribution in [0, 0.1) is 0 Å². The van der Waals surface area contributed by atoms with E-state index in [1.807, 2.05) is 24.3 Å². The molecule has 1 atom stereocenters. The molecular weight excluding hydrogens is 226 g/mol. The van der Waals surface area contributed by atoms with Crippen LogP contribution in [0.4, 0.5) is 0 Å². The zero-order chi connectivity index (χ0) is 8.27. The van der Waals surface area contributed by atoms with E-state index in [0.29, 0.717) is 5.75 Å². The zero-order valence-electron chi connectivity index (χ0n) is 5.79. The van der Waals surface area contributed by atoms with Gasteiger partial charge in [-0.3, -0.25) is 5.14 Å². The van der Waals surface area contributed by atoms with Gasteiger partial charge >= 0.3 is 0 Å². The summed E-state index contributed by atoms with van der Waals surface area (Å²) in [6, 6.07) is 7.61. The van der Waals surface area contributed by atoms with E-state index in [-0.39, 0.29) is 0 Å². The largest absolute Gasteiger partial charge is 0.252 e. The molecule has 1 aromatic rings. The molecule has 0 unspecified atom stereocenters. The van der Waals surface area contributed by atoms with Crippen LogP contribution in [-0.2, 0) is 16.7 Å². The Hall–Kier alpha value is -0.190. The Balaban J connectivity index is 2.86. The Kier molecular flexibility index (Phi) is 3.23. The van der Waals surface area contributed by atoms with Gasteiger partial charge < -0.3 is 0 Å². The van der Waals surface area contributed by atoms with Crippen molar-refractivity contribution >= 4 is 26.9 Å². The minimum atomic E-state index is -1.26. The van der Waals surface area contributed by atoms with Crippen LogP contribution in [0.1, 0.15) is 5.56 Å². The van der Waals surface area contributed by atoms with E-state index in [2.05, 4.69) is 15.9 Å². The van der Waals surface area contributed by atoms with Crippen molar-refractivity contribution in [1.82, 2.24) is 0 Å². The van der Waals surface area contributed by atoms with Gasteiger partial charge in [0, 0.05) is 4.47 Å². The fourth-order valence-corrected chi connectivity index (χ4v) is 1.94. The molecule has 1 rings (SSSR count). The maximum atomic E-state index is 10.6. The lowest BCUT2D eigenvalue weighted by Crippen LogP contribution is -2.05. The van der Waals surface area contributed by atoms with Crippen molar-refractivity contribution in [2.45, 2.75) is 5.75 Å². The van der Waals surface area contributed by atoms with Crippen molar-refractivity contribution in [1.29, 1.82) is 0 Å². The average Bonchev–Trinajstić information content (AvgIpc) is 1.93. The second-order valence-corrected chi connectivity index (χ2v) is 4.02. The second kappa shape index (κ2) is 3.99. The highest BCUT2D eigenvalue weighted by Gasteiger charge is 1.99. The first-order valence-electron chi connectivity index (χ1n) is 3.06. The quantitative estimate of drug-likeness (QED) is 0.829. The smallest absolute Gasteiger partial charge is 0.0933 e. The summed E-state index contributed by atoms with van der Waals surface area (Å²) in [6.07, 6.45) is 0. The minimum absolute atomic E-state index is 0.404. The SMILES string of the molecule is N[S@](=O)Cc1ccccc1Br. The van der Waals surface area contributed by atoms with Crippen LogP contribution >= 0.6 is 15.9 Å². The van der Waals surface area contributed by atoms with E-state index in [1.54, 1.807) is 0 Å². The number of benzene rings is 1. The molecule has 0 aliphatic rings. The molecule has 60 valence electrons. The summed E-state index contributed by atoms with van der Waals surface area (Å²) in [7, 11) is -1.26. The van der Waals surface area contributed by atoms with Gasteiger partial charge in [0.15, 0.2) is 0 Å². The summed E-state index contributed by atoms with van der Waals surface area (Å²) in [5.74, 6) is 0.404. The standard InChI is InChI=1S/C7H8BrNOS/c8-7-4-2-1-3-6(7)5-11(9)10/h1-4H,5,9H2/t11-/m1/s1. The van der Waals surface area contributed by atoms with Crippen molar-refractivity contribution < 1.29 is 4.21 Å². The molecule has 0 aliphatic heterocycles. The molecule has 0 bridgehead atoms. The van der Waals surface area contributed by atoms with Crippen LogP contribution in [-0.4, -0.2) is 4.21 Å². The highest BCUT2D eigenvalue weighted by Crippen LogP contribution is 2.16. The van der Waals surface area contributed by atoms with E-state index in [9.17, 15) is 4.21 Å². The van der Waals surface area contributed by atoms with Crippen LogP contribution in [0.3, 0.4) is 0 Å². The van der Waals surface area contributed by atoms with Gasteiger partial charge in [-0.1, -0.05) is 34.1 Å². The number of rotatable bonds is 2. The molecule has 4 heteroatoms. The van der Waals surface area contributed by atoms with Gasteiger partial charge in [0.1, 0.15) is 0 Å². The summed E-state index contributed by atoms with van der Waals surface area (Å²) in [5, 5.41) is 5.14. The van der Waals surface area contributed by atoms with Crippen LogP contribution in [0.5, 0.6) is 0 Å². The fourth-order valence-electron chi connectivity index (χ4n) is 0.769. The summed E-state index contributed by atoms with van der Waals surface area (Å²) in [5.41, 5.74) is 0.980. The first-order chi connectivity index (χ1) is 5.20. The van der Waals surface area contributed by atoms with Crippen molar-refractivity contribution in [3.05, 3.63) is 34.3 Å². The summed E-state index contributed by atoms with van der Waals surface area (Å²) in [4.78, 5) is 0. The van der Waals surface area contributed by atoms with E-state index < -0.39 is 11.0 Å². The van der Waals surface area contributed by atoms with E-state index >= 15 is 0 Å². The Bertz CT molecular complexity index is 277. The molecule has 0 saturated carbocycles. The van der Waals surface area contributed by atoms with Gasteiger partial charge in [-0.05, 0) is 11.6 Å².